The molecule has 2 aliphatic rings. The second-order valence-corrected chi connectivity index (χ2v) is 6.14. The van der Waals surface area contributed by atoms with E-state index in [2.05, 4.69) is 4.99 Å². The number of fused-ring (bicyclic) bond motifs is 1. The number of nitro benzene ring substituents is 1. The molecule has 2 aromatic rings. The first-order valence-corrected chi connectivity index (χ1v) is 8.21. The molecular formula is C20H14N2O5. The maximum atomic E-state index is 12.2. The van der Waals surface area contributed by atoms with Crippen LogP contribution in [-0.2, 0) is 9.53 Å². The monoisotopic (exact) mass is 362 g/mol. The van der Waals surface area contributed by atoms with Gasteiger partial charge >= 0.3 is 5.97 Å². The zero-order valence-electron chi connectivity index (χ0n) is 14.3. The summed E-state index contributed by atoms with van der Waals surface area (Å²) >= 11 is 0. The van der Waals surface area contributed by atoms with Gasteiger partial charge in [-0.15, -0.1) is 0 Å². The molecule has 0 saturated carbocycles. The van der Waals surface area contributed by atoms with Crippen LogP contribution in [0, 0.1) is 17.0 Å². The molecule has 7 nitrogen and oxygen atoms in total. The van der Waals surface area contributed by atoms with Crippen LogP contribution < -0.4 is 4.74 Å². The van der Waals surface area contributed by atoms with E-state index in [1.807, 2.05) is 30.3 Å². The van der Waals surface area contributed by atoms with Crippen molar-refractivity contribution in [2.45, 2.75) is 6.92 Å². The molecule has 0 fully saturated rings. The molecule has 4 rings (SSSR count). The van der Waals surface area contributed by atoms with E-state index >= 15 is 0 Å². The van der Waals surface area contributed by atoms with E-state index in [0.717, 1.165) is 16.9 Å². The molecule has 0 aromatic heterocycles. The third kappa shape index (κ3) is 3.22. The number of nitrogens with zero attached hydrogens (tertiary/aromatic N) is 2. The van der Waals surface area contributed by atoms with Gasteiger partial charge in [0.1, 0.15) is 12.4 Å². The molecule has 0 spiro atoms. The molecule has 0 radical (unpaired) electrons. The molecule has 27 heavy (non-hydrogen) atoms. The predicted octanol–water partition coefficient (Wildman–Crippen LogP) is 3.57. The van der Waals surface area contributed by atoms with E-state index in [1.165, 1.54) is 12.1 Å². The van der Waals surface area contributed by atoms with Gasteiger partial charge in [-0.25, -0.2) is 9.79 Å². The van der Waals surface area contributed by atoms with E-state index in [4.69, 9.17) is 9.47 Å². The number of hydrogen-bond donors (Lipinski definition) is 0. The first-order chi connectivity index (χ1) is 13.0. The number of esters is 1. The van der Waals surface area contributed by atoms with Gasteiger partial charge in [0.2, 0.25) is 5.90 Å². The van der Waals surface area contributed by atoms with Crippen molar-refractivity contribution < 1.29 is 19.2 Å². The van der Waals surface area contributed by atoms with E-state index < -0.39 is 10.9 Å². The molecule has 0 aliphatic carbocycles. The van der Waals surface area contributed by atoms with Gasteiger partial charge in [0.05, 0.1) is 4.92 Å². The van der Waals surface area contributed by atoms with Crippen LogP contribution in [0.3, 0.4) is 0 Å². The zero-order valence-corrected chi connectivity index (χ0v) is 14.3. The highest BCUT2D eigenvalue weighted by atomic mass is 16.6. The molecule has 2 heterocycles. The summed E-state index contributed by atoms with van der Waals surface area (Å²) in [6.07, 6.45) is 3.56. The van der Waals surface area contributed by atoms with Crippen LogP contribution in [0.2, 0.25) is 0 Å². The Kier molecular flexibility index (Phi) is 4.04. The molecule has 0 unspecified atom stereocenters. The zero-order chi connectivity index (χ0) is 19.0. The fraction of sp³-hybridized carbons (Fsp3) is 0.100. The number of hydrogen-bond acceptors (Lipinski definition) is 6. The summed E-state index contributed by atoms with van der Waals surface area (Å²) in [5, 5.41) is 10.9. The Morgan fingerprint density at radius 3 is 2.81 bits per heavy atom. The number of aryl methyl sites for hydroxylation is 1. The van der Waals surface area contributed by atoms with Crippen molar-refractivity contribution in [3.63, 3.8) is 0 Å². The van der Waals surface area contributed by atoms with Gasteiger partial charge in [-0.2, -0.15) is 0 Å². The number of benzene rings is 2. The number of nitro groups is 1. The highest BCUT2D eigenvalue weighted by Gasteiger charge is 2.26. The Balaban J connectivity index is 1.64. The minimum Gasteiger partial charge on any atom is -0.488 e. The fourth-order valence-electron chi connectivity index (χ4n) is 2.92. The summed E-state index contributed by atoms with van der Waals surface area (Å²) in [4.78, 5) is 26.9. The average Bonchev–Trinajstić information content (AvgIpc) is 3.02. The van der Waals surface area contributed by atoms with Crippen LogP contribution >= 0.6 is 0 Å². The molecule has 2 aliphatic heterocycles. The van der Waals surface area contributed by atoms with Gasteiger partial charge < -0.3 is 9.47 Å². The fourth-order valence-corrected chi connectivity index (χ4v) is 2.92. The Morgan fingerprint density at radius 2 is 2.04 bits per heavy atom. The van der Waals surface area contributed by atoms with Crippen LogP contribution in [0.1, 0.15) is 16.7 Å². The van der Waals surface area contributed by atoms with Crippen LogP contribution in [0.4, 0.5) is 5.69 Å². The summed E-state index contributed by atoms with van der Waals surface area (Å²) in [5.74, 6) is 0.349. The summed E-state index contributed by atoms with van der Waals surface area (Å²) < 4.78 is 10.9. The lowest BCUT2D eigenvalue weighted by Gasteiger charge is -2.15. The molecule has 0 N–H and O–H groups in total. The Hall–Kier alpha value is -3.74. The first kappa shape index (κ1) is 16.7. The van der Waals surface area contributed by atoms with Crippen molar-refractivity contribution in [3.05, 3.63) is 86.6 Å². The SMILES string of the molecule is Cc1cc(C2=N/C(=C/C3=Cc4ccccc4OC3)C(=O)O2)ccc1[N+](=O)[O-]. The van der Waals surface area contributed by atoms with E-state index in [-0.39, 0.29) is 17.3 Å². The normalized spacial score (nSPS) is 16.9. The molecule has 0 atom stereocenters. The van der Waals surface area contributed by atoms with Gasteiger partial charge in [-0.05, 0) is 42.8 Å². The number of carbonyl (C=O) groups is 1. The molecule has 0 bridgehead atoms. The van der Waals surface area contributed by atoms with Gasteiger partial charge in [-0.1, -0.05) is 18.2 Å². The van der Waals surface area contributed by atoms with Gasteiger partial charge in [-0.3, -0.25) is 10.1 Å². The summed E-state index contributed by atoms with van der Waals surface area (Å²) in [5.41, 5.74) is 2.86. The van der Waals surface area contributed by atoms with Crippen LogP contribution in [0.15, 0.2) is 64.8 Å². The number of cyclic esters (lactones) is 1. The summed E-state index contributed by atoms with van der Waals surface area (Å²) in [7, 11) is 0. The number of para-hydroxylation sites is 1. The lowest BCUT2D eigenvalue weighted by Crippen LogP contribution is -2.08. The van der Waals surface area contributed by atoms with Crippen molar-refractivity contribution in [3.8, 4) is 5.75 Å². The second-order valence-electron chi connectivity index (χ2n) is 6.14. The van der Waals surface area contributed by atoms with Crippen LogP contribution in [0.5, 0.6) is 5.75 Å². The lowest BCUT2D eigenvalue weighted by atomic mass is 10.1. The smallest absolute Gasteiger partial charge is 0.363 e. The van der Waals surface area contributed by atoms with Crippen LogP contribution in [0.25, 0.3) is 6.08 Å². The van der Waals surface area contributed by atoms with Crippen molar-refractivity contribution in [1.29, 1.82) is 0 Å². The predicted molar refractivity (Wildman–Crippen MR) is 98.5 cm³/mol. The highest BCUT2D eigenvalue weighted by molar-refractivity contribution is 6.11. The Bertz CT molecular complexity index is 1070. The maximum Gasteiger partial charge on any atom is 0.363 e. The summed E-state index contributed by atoms with van der Waals surface area (Å²) in [6.45, 7) is 1.95. The quantitative estimate of drug-likeness (QED) is 0.360. The molecule has 0 saturated heterocycles. The summed E-state index contributed by atoms with van der Waals surface area (Å²) in [6, 6.07) is 12.1. The minimum atomic E-state index is -0.569. The topological polar surface area (TPSA) is 91.0 Å². The van der Waals surface area contributed by atoms with Crippen molar-refractivity contribution in [1.82, 2.24) is 0 Å². The van der Waals surface area contributed by atoms with Gasteiger partial charge in [0, 0.05) is 22.8 Å². The number of carbonyl (C=O) groups excluding carboxylic acids is 1. The average molecular weight is 362 g/mol. The minimum absolute atomic E-state index is 0.00242. The molecule has 0 amide bonds. The molecule has 2 aromatic carbocycles. The van der Waals surface area contributed by atoms with Crippen molar-refractivity contribution >= 4 is 23.6 Å². The number of aliphatic imine (C=N–C) groups is 1. The van der Waals surface area contributed by atoms with E-state index in [0.29, 0.717) is 17.7 Å². The molecular weight excluding hydrogens is 348 g/mol. The third-order valence-corrected chi connectivity index (χ3v) is 4.24. The van der Waals surface area contributed by atoms with E-state index in [9.17, 15) is 14.9 Å². The number of ether oxygens (including phenoxy) is 2. The van der Waals surface area contributed by atoms with Crippen LogP contribution in [-0.4, -0.2) is 23.4 Å². The maximum absolute atomic E-state index is 12.2. The molecule has 134 valence electrons. The van der Waals surface area contributed by atoms with Gasteiger partial charge in [0.15, 0.2) is 5.70 Å². The molecule has 7 heteroatoms. The largest absolute Gasteiger partial charge is 0.488 e. The lowest BCUT2D eigenvalue weighted by molar-refractivity contribution is -0.385. The number of rotatable bonds is 3. The van der Waals surface area contributed by atoms with Crippen molar-refractivity contribution in [2.24, 2.45) is 4.99 Å². The highest BCUT2D eigenvalue weighted by Crippen LogP contribution is 2.28. The van der Waals surface area contributed by atoms with Gasteiger partial charge in [0.25, 0.3) is 5.69 Å². The third-order valence-electron chi connectivity index (χ3n) is 4.24. The second kappa shape index (κ2) is 6.53. The Morgan fingerprint density at radius 1 is 1.22 bits per heavy atom. The van der Waals surface area contributed by atoms with E-state index in [1.54, 1.807) is 19.1 Å². The standard InChI is InChI=1S/C20H14N2O5/c1-12-8-15(6-7-17(12)22(24)25)19-21-16(20(23)27-19)10-13-9-14-4-2-3-5-18(14)26-11-13/h2-10H,11H2,1H3/b16-10+. The Labute approximate surface area is 154 Å². The van der Waals surface area contributed by atoms with Crippen molar-refractivity contribution in [2.75, 3.05) is 6.61 Å². The first-order valence-electron chi connectivity index (χ1n) is 8.21.